The molecular formula is C24H28N4O. The zero-order chi connectivity index (χ0) is 19.9. The van der Waals surface area contributed by atoms with Gasteiger partial charge in [-0.15, -0.1) is 5.10 Å². The molecule has 5 heteroatoms. The molecule has 1 amide bonds. The summed E-state index contributed by atoms with van der Waals surface area (Å²) in [5.74, 6) is 0.581. The number of nitrogens with one attached hydrogen (secondary N) is 1. The van der Waals surface area contributed by atoms with Crippen LogP contribution in [0.3, 0.4) is 0 Å². The lowest BCUT2D eigenvalue weighted by Crippen LogP contribution is -2.29. The lowest BCUT2D eigenvalue weighted by molar-refractivity contribution is 0.0947. The lowest BCUT2D eigenvalue weighted by atomic mass is 9.89. The second-order valence-corrected chi connectivity index (χ2v) is 7.91. The van der Waals surface area contributed by atoms with Crippen LogP contribution in [0.4, 0.5) is 0 Å². The summed E-state index contributed by atoms with van der Waals surface area (Å²) in [4.78, 5) is 12.7. The minimum Gasteiger partial charge on any atom is -0.350 e. The Balaban J connectivity index is 1.40. The van der Waals surface area contributed by atoms with Crippen LogP contribution in [0.1, 0.15) is 59.6 Å². The fourth-order valence-corrected chi connectivity index (χ4v) is 4.21. The number of rotatable bonds is 7. The summed E-state index contributed by atoms with van der Waals surface area (Å²) in [6.07, 6.45) is 8.21. The molecule has 3 aromatic rings. The SMILES string of the molecule is O=C(NCC(c1ccccc1)c1ccccc1)c1cn(CC2CCCCC2)nn1. The molecule has 1 aromatic heterocycles. The molecule has 0 unspecified atom stereocenters. The Bertz CT molecular complexity index is 861. The molecule has 1 N–H and O–H groups in total. The second-order valence-electron chi connectivity index (χ2n) is 7.91. The van der Waals surface area contributed by atoms with Crippen molar-refractivity contribution in [3.05, 3.63) is 83.7 Å². The Kier molecular flexibility index (Phi) is 6.35. The summed E-state index contributed by atoms with van der Waals surface area (Å²) in [5.41, 5.74) is 2.75. The highest BCUT2D eigenvalue weighted by atomic mass is 16.2. The van der Waals surface area contributed by atoms with Crippen LogP contribution >= 0.6 is 0 Å². The van der Waals surface area contributed by atoms with E-state index in [1.54, 1.807) is 6.20 Å². The number of hydrogen-bond donors (Lipinski definition) is 1. The molecule has 1 aliphatic carbocycles. The summed E-state index contributed by atoms with van der Waals surface area (Å²) >= 11 is 0. The van der Waals surface area contributed by atoms with Crippen molar-refractivity contribution in [3.63, 3.8) is 0 Å². The van der Waals surface area contributed by atoms with Gasteiger partial charge >= 0.3 is 0 Å². The molecule has 5 nitrogen and oxygen atoms in total. The van der Waals surface area contributed by atoms with Crippen molar-refractivity contribution >= 4 is 5.91 Å². The van der Waals surface area contributed by atoms with Crippen molar-refractivity contribution in [2.75, 3.05) is 6.54 Å². The van der Waals surface area contributed by atoms with Crippen LogP contribution in [0, 0.1) is 5.92 Å². The highest BCUT2D eigenvalue weighted by molar-refractivity contribution is 5.91. The maximum absolute atomic E-state index is 12.7. The summed E-state index contributed by atoms with van der Waals surface area (Å²) < 4.78 is 1.83. The number of aromatic nitrogens is 3. The minimum absolute atomic E-state index is 0.0960. The van der Waals surface area contributed by atoms with Crippen LogP contribution in [-0.4, -0.2) is 27.4 Å². The number of amides is 1. The Morgan fingerprint density at radius 1 is 0.966 bits per heavy atom. The molecule has 1 heterocycles. The van der Waals surface area contributed by atoms with Gasteiger partial charge in [0, 0.05) is 19.0 Å². The third-order valence-electron chi connectivity index (χ3n) is 5.81. The third-order valence-corrected chi connectivity index (χ3v) is 5.81. The highest BCUT2D eigenvalue weighted by Crippen LogP contribution is 2.25. The van der Waals surface area contributed by atoms with E-state index in [0.717, 1.165) is 6.54 Å². The summed E-state index contributed by atoms with van der Waals surface area (Å²) in [6.45, 7) is 1.37. The van der Waals surface area contributed by atoms with Gasteiger partial charge in [0.15, 0.2) is 5.69 Å². The Morgan fingerprint density at radius 3 is 2.21 bits per heavy atom. The van der Waals surface area contributed by atoms with Gasteiger partial charge in [0.2, 0.25) is 0 Å². The van der Waals surface area contributed by atoms with E-state index in [9.17, 15) is 4.79 Å². The van der Waals surface area contributed by atoms with E-state index in [1.165, 1.54) is 43.2 Å². The first-order chi connectivity index (χ1) is 14.3. The van der Waals surface area contributed by atoms with E-state index in [1.807, 2.05) is 41.1 Å². The quantitative estimate of drug-likeness (QED) is 0.652. The fraction of sp³-hybridized carbons (Fsp3) is 0.375. The molecule has 0 radical (unpaired) electrons. The van der Waals surface area contributed by atoms with Crippen LogP contribution in [0.5, 0.6) is 0 Å². The van der Waals surface area contributed by atoms with Crippen molar-refractivity contribution in [1.29, 1.82) is 0 Å². The first-order valence-electron chi connectivity index (χ1n) is 10.6. The first-order valence-corrected chi connectivity index (χ1v) is 10.6. The maximum Gasteiger partial charge on any atom is 0.273 e. The van der Waals surface area contributed by atoms with E-state index in [2.05, 4.69) is 39.9 Å². The molecule has 29 heavy (non-hydrogen) atoms. The van der Waals surface area contributed by atoms with Crippen LogP contribution in [0.2, 0.25) is 0 Å². The van der Waals surface area contributed by atoms with Gasteiger partial charge in [0.1, 0.15) is 0 Å². The zero-order valence-electron chi connectivity index (χ0n) is 16.7. The Hall–Kier alpha value is -2.95. The van der Waals surface area contributed by atoms with Gasteiger partial charge in [0.05, 0.1) is 6.20 Å². The average Bonchev–Trinajstić information content (AvgIpc) is 3.25. The van der Waals surface area contributed by atoms with Gasteiger partial charge in [-0.05, 0) is 29.9 Å². The predicted octanol–water partition coefficient (Wildman–Crippen LogP) is 4.42. The lowest BCUT2D eigenvalue weighted by Gasteiger charge is -2.20. The van der Waals surface area contributed by atoms with Crippen LogP contribution in [0.25, 0.3) is 0 Å². The van der Waals surface area contributed by atoms with E-state index in [0.29, 0.717) is 18.2 Å². The van der Waals surface area contributed by atoms with Crippen LogP contribution in [-0.2, 0) is 6.54 Å². The first kappa shape index (κ1) is 19.4. The third kappa shape index (κ3) is 5.11. The molecule has 0 spiro atoms. The van der Waals surface area contributed by atoms with Crippen LogP contribution in [0.15, 0.2) is 66.9 Å². The summed E-state index contributed by atoms with van der Waals surface area (Å²) in [6, 6.07) is 20.6. The molecule has 4 rings (SSSR count). The normalized spacial score (nSPS) is 14.8. The van der Waals surface area contributed by atoms with Crippen molar-refractivity contribution < 1.29 is 4.79 Å². The van der Waals surface area contributed by atoms with E-state index < -0.39 is 0 Å². The van der Waals surface area contributed by atoms with Crippen molar-refractivity contribution in [3.8, 4) is 0 Å². The average molecular weight is 389 g/mol. The smallest absolute Gasteiger partial charge is 0.273 e. The minimum atomic E-state index is -0.170. The van der Waals surface area contributed by atoms with Gasteiger partial charge in [-0.25, -0.2) is 0 Å². The standard InChI is InChI=1S/C24H28N4O/c29-24(23-18-28(27-26-23)17-19-10-4-1-5-11-19)25-16-22(20-12-6-2-7-13-20)21-14-8-3-9-15-21/h2-3,6-9,12-15,18-19,22H,1,4-5,10-11,16-17H2,(H,25,29). The monoisotopic (exact) mass is 388 g/mol. The molecule has 1 fully saturated rings. The molecule has 0 bridgehead atoms. The Morgan fingerprint density at radius 2 is 1.59 bits per heavy atom. The number of nitrogens with zero attached hydrogens (tertiary/aromatic N) is 3. The molecule has 0 atom stereocenters. The van der Waals surface area contributed by atoms with Gasteiger partial charge in [-0.2, -0.15) is 0 Å². The summed E-state index contributed by atoms with van der Waals surface area (Å²) in [5, 5.41) is 11.3. The predicted molar refractivity (Wildman–Crippen MR) is 114 cm³/mol. The molecule has 0 aliphatic heterocycles. The zero-order valence-corrected chi connectivity index (χ0v) is 16.7. The van der Waals surface area contributed by atoms with Crippen molar-refractivity contribution in [2.24, 2.45) is 5.92 Å². The number of carbonyl (C=O) groups excluding carboxylic acids is 1. The maximum atomic E-state index is 12.7. The Labute approximate surface area is 172 Å². The van der Waals surface area contributed by atoms with Crippen LogP contribution < -0.4 is 5.32 Å². The van der Waals surface area contributed by atoms with Gasteiger partial charge in [-0.3, -0.25) is 9.48 Å². The molecule has 1 saturated carbocycles. The van der Waals surface area contributed by atoms with E-state index >= 15 is 0 Å². The van der Waals surface area contributed by atoms with E-state index in [4.69, 9.17) is 0 Å². The topological polar surface area (TPSA) is 59.8 Å². The van der Waals surface area contributed by atoms with Gasteiger partial charge < -0.3 is 5.32 Å². The largest absolute Gasteiger partial charge is 0.350 e. The molecule has 2 aromatic carbocycles. The van der Waals surface area contributed by atoms with Gasteiger partial charge in [0.25, 0.3) is 5.91 Å². The molecule has 150 valence electrons. The number of benzene rings is 2. The van der Waals surface area contributed by atoms with E-state index in [-0.39, 0.29) is 11.8 Å². The van der Waals surface area contributed by atoms with Crippen molar-refractivity contribution in [1.82, 2.24) is 20.3 Å². The molecule has 1 aliphatic rings. The molecule has 0 saturated heterocycles. The fourth-order valence-electron chi connectivity index (χ4n) is 4.21. The number of carbonyl (C=O) groups is 1. The van der Waals surface area contributed by atoms with Gasteiger partial charge in [-0.1, -0.05) is 85.1 Å². The van der Waals surface area contributed by atoms with Crippen molar-refractivity contribution in [2.45, 2.75) is 44.6 Å². The molecular weight excluding hydrogens is 360 g/mol. The highest BCUT2D eigenvalue weighted by Gasteiger charge is 2.19. The number of hydrogen-bond acceptors (Lipinski definition) is 3. The summed E-state index contributed by atoms with van der Waals surface area (Å²) in [7, 11) is 0. The second kappa shape index (κ2) is 9.50.